The van der Waals surface area contributed by atoms with Gasteiger partial charge in [-0.25, -0.2) is 4.57 Å². The van der Waals surface area contributed by atoms with Gasteiger partial charge in [-0.2, -0.15) is 0 Å². The van der Waals surface area contributed by atoms with Crippen LogP contribution in [0.5, 0.6) is 0 Å². The maximum absolute atomic E-state index is 12.7. The highest BCUT2D eigenvalue weighted by atomic mass is 31.2. The van der Waals surface area contributed by atoms with Crippen molar-refractivity contribution in [3.63, 3.8) is 0 Å². The second-order valence-corrected chi connectivity index (χ2v) is 18.6. The van der Waals surface area contributed by atoms with Gasteiger partial charge in [-0.1, -0.05) is 175 Å². The van der Waals surface area contributed by atoms with Crippen molar-refractivity contribution in [1.29, 1.82) is 0 Å². The fourth-order valence-corrected chi connectivity index (χ4v) is 6.84. The first-order valence-electron chi connectivity index (χ1n) is 24.5. The minimum Gasteiger partial charge on any atom is -0.457 e. The maximum atomic E-state index is 12.7. The molecule has 2 unspecified atom stereocenters. The molecule has 0 aliphatic carbocycles. The first-order chi connectivity index (χ1) is 30.1. The van der Waals surface area contributed by atoms with Crippen molar-refractivity contribution in [3.05, 3.63) is 97.2 Å². The van der Waals surface area contributed by atoms with Crippen LogP contribution in [0.15, 0.2) is 97.2 Å². The summed E-state index contributed by atoms with van der Waals surface area (Å²) in [7, 11) is 1.63. The summed E-state index contributed by atoms with van der Waals surface area (Å²) in [6.07, 6.45) is 61.6. The summed E-state index contributed by atoms with van der Waals surface area (Å²) in [6, 6.07) is 0. The summed E-state index contributed by atoms with van der Waals surface area (Å²) in [6.45, 7) is 5.40. The molecule has 0 aromatic heterocycles. The number of phosphoric acid groups is 1. The average Bonchev–Trinajstić information content (AvgIpc) is 3.23. The smallest absolute Gasteiger partial charge is 0.457 e. The molecular formula is C53H93NO7P+. The molecule has 0 saturated carbocycles. The third-order valence-electron chi connectivity index (χ3n) is 9.88. The van der Waals surface area contributed by atoms with Gasteiger partial charge in [-0.05, 0) is 89.9 Å². The van der Waals surface area contributed by atoms with Crippen LogP contribution in [0.1, 0.15) is 174 Å². The van der Waals surface area contributed by atoms with E-state index in [9.17, 15) is 14.3 Å². The van der Waals surface area contributed by atoms with Crippen LogP contribution in [0, 0.1) is 0 Å². The fourth-order valence-electron chi connectivity index (χ4n) is 6.10. The highest BCUT2D eigenvalue weighted by Gasteiger charge is 2.26. The van der Waals surface area contributed by atoms with Gasteiger partial charge in [0.15, 0.2) is 0 Å². The number of phosphoric ester groups is 1. The van der Waals surface area contributed by atoms with Gasteiger partial charge in [0.2, 0.25) is 0 Å². The van der Waals surface area contributed by atoms with E-state index in [1.807, 2.05) is 21.1 Å². The summed E-state index contributed by atoms with van der Waals surface area (Å²) in [5, 5.41) is 0. The van der Waals surface area contributed by atoms with Gasteiger partial charge in [0.25, 0.3) is 0 Å². The highest BCUT2D eigenvalue weighted by molar-refractivity contribution is 7.47. The summed E-state index contributed by atoms with van der Waals surface area (Å²) in [5.74, 6) is -0.336. The predicted molar refractivity (Wildman–Crippen MR) is 265 cm³/mol. The number of carbonyl (C=O) groups is 1. The van der Waals surface area contributed by atoms with Crippen LogP contribution in [-0.2, 0) is 27.9 Å². The van der Waals surface area contributed by atoms with Crippen LogP contribution in [-0.4, -0.2) is 75.6 Å². The Bertz CT molecular complexity index is 1310. The van der Waals surface area contributed by atoms with Crippen molar-refractivity contribution in [1.82, 2.24) is 0 Å². The Balaban J connectivity index is 4.20. The number of rotatable bonds is 44. The second-order valence-electron chi connectivity index (χ2n) is 17.1. The van der Waals surface area contributed by atoms with E-state index < -0.39 is 13.9 Å². The Labute approximate surface area is 381 Å². The van der Waals surface area contributed by atoms with Crippen LogP contribution in [0.4, 0.5) is 0 Å². The Morgan fingerprint density at radius 1 is 0.516 bits per heavy atom. The van der Waals surface area contributed by atoms with Gasteiger partial charge in [0, 0.05) is 13.0 Å². The minimum atomic E-state index is -4.29. The van der Waals surface area contributed by atoms with Gasteiger partial charge in [0.1, 0.15) is 19.3 Å². The van der Waals surface area contributed by atoms with Crippen molar-refractivity contribution in [2.24, 2.45) is 0 Å². The third kappa shape index (κ3) is 48.5. The molecule has 0 rings (SSSR count). The molecule has 0 heterocycles. The predicted octanol–water partition coefficient (Wildman–Crippen LogP) is 15.0. The van der Waals surface area contributed by atoms with Gasteiger partial charge in [-0.15, -0.1) is 0 Å². The number of ether oxygens (including phenoxy) is 2. The van der Waals surface area contributed by atoms with Crippen molar-refractivity contribution in [2.45, 2.75) is 180 Å². The van der Waals surface area contributed by atoms with Gasteiger partial charge in [0.05, 0.1) is 34.4 Å². The van der Waals surface area contributed by atoms with Crippen molar-refractivity contribution < 1.29 is 37.3 Å². The normalized spacial score (nSPS) is 14.5. The maximum Gasteiger partial charge on any atom is 0.472 e. The lowest BCUT2D eigenvalue weighted by Gasteiger charge is -2.24. The molecule has 62 heavy (non-hydrogen) atoms. The fraction of sp³-hybridized carbons (Fsp3) is 0.679. The lowest BCUT2D eigenvalue weighted by Crippen LogP contribution is -2.37. The molecule has 9 heteroatoms. The molecule has 356 valence electrons. The van der Waals surface area contributed by atoms with E-state index in [1.165, 1.54) is 44.9 Å². The molecular weight excluding hydrogens is 794 g/mol. The molecule has 0 spiro atoms. The van der Waals surface area contributed by atoms with Crippen LogP contribution < -0.4 is 0 Å². The molecule has 1 N–H and O–H groups in total. The number of unbranched alkanes of at least 4 members (excludes halogenated alkanes) is 14. The Morgan fingerprint density at radius 2 is 0.935 bits per heavy atom. The summed E-state index contributed by atoms with van der Waals surface area (Å²) in [4.78, 5) is 22.9. The lowest BCUT2D eigenvalue weighted by atomic mass is 10.1. The van der Waals surface area contributed by atoms with E-state index in [4.69, 9.17) is 18.5 Å². The van der Waals surface area contributed by atoms with Crippen molar-refractivity contribution in [2.75, 3.05) is 54.1 Å². The van der Waals surface area contributed by atoms with E-state index in [0.29, 0.717) is 24.1 Å². The summed E-state index contributed by atoms with van der Waals surface area (Å²) in [5.41, 5.74) is 0. The molecule has 2 atom stereocenters. The van der Waals surface area contributed by atoms with Gasteiger partial charge in [-0.3, -0.25) is 13.8 Å². The molecule has 0 aromatic carbocycles. The molecule has 0 aromatic rings. The standard InChI is InChI=1S/C53H92NO7P/c1-6-8-10-12-14-16-18-20-22-23-24-25-26-27-28-29-30-31-32-33-35-37-39-41-43-45-48-58-50-52(51-60-62(56,57)59-49-47-54(3,4)5)61-53(55)46-44-42-40-38-36-34-21-19-17-15-13-11-9-7-2/h8,10,13-16,19-22,24-25,27-28,30-31,52H,6-7,9,11-12,17-18,23,26,29,32-51H2,1-5H3/p+1/b10-8-,15-13-,16-14-,21-19-,22-20-,25-24-,28-27-,31-30-. The molecule has 8 nitrogen and oxygen atoms in total. The van der Waals surface area contributed by atoms with E-state index >= 15 is 0 Å². The number of likely N-dealkylation sites (N-methyl/N-ethyl adjacent to an activating group) is 1. The minimum absolute atomic E-state index is 0.0778. The van der Waals surface area contributed by atoms with Crippen LogP contribution >= 0.6 is 7.82 Å². The molecule has 0 saturated heterocycles. The number of hydrogen-bond acceptors (Lipinski definition) is 6. The molecule has 0 fully saturated rings. The molecule has 0 aliphatic rings. The second kappa shape index (κ2) is 45.0. The molecule has 0 amide bonds. The van der Waals surface area contributed by atoms with E-state index in [-0.39, 0.29) is 25.8 Å². The zero-order valence-electron chi connectivity index (χ0n) is 40.3. The topological polar surface area (TPSA) is 91.3 Å². The van der Waals surface area contributed by atoms with Crippen LogP contribution in [0.2, 0.25) is 0 Å². The van der Waals surface area contributed by atoms with Crippen LogP contribution in [0.3, 0.4) is 0 Å². The average molecular weight is 887 g/mol. The SMILES string of the molecule is CC/C=C\C/C=C\C/C=C\C/C=C\C/C=C\C/C=C\CCCCCCCCCOCC(COP(=O)(O)OCC[N+](C)(C)C)OC(=O)CCCCCCC/C=C\C/C=C\CCCC. The van der Waals surface area contributed by atoms with Crippen LogP contribution in [0.25, 0.3) is 0 Å². The highest BCUT2D eigenvalue weighted by Crippen LogP contribution is 2.43. The number of hydrogen-bond donors (Lipinski definition) is 1. The van der Waals surface area contributed by atoms with E-state index in [1.54, 1.807) is 0 Å². The molecule has 0 bridgehead atoms. The lowest BCUT2D eigenvalue weighted by molar-refractivity contribution is -0.870. The number of carbonyl (C=O) groups excluding carboxylic acids is 1. The van der Waals surface area contributed by atoms with Crippen molar-refractivity contribution >= 4 is 13.8 Å². The number of esters is 1. The Kier molecular flexibility index (Phi) is 43.1. The zero-order chi connectivity index (χ0) is 45.5. The zero-order valence-corrected chi connectivity index (χ0v) is 41.2. The summed E-state index contributed by atoms with van der Waals surface area (Å²) < 4.78 is 35.0. The van der Waals surface area contributed by atoms with Crippen molar-refractivity contribution in [3.8, 4) is 0 Å². The molecule has 0 radical (unpaired) electrons. The number of allylic oxidation sites excluding steroid dienone is 16. The largest absolute Gasteiger partial charge is 0.472 e. The third-order valence-corrected chi connectivity index (χ3v) is 10.9. The first kappa shape index (κ1) is 59.4. The van der Waals surface area contributed by atoms with E-state index in [2.05, 4.69) is 111 Å². The van der Waals surface area contributed by atoms with Gasteiger partial charge < -0.3 is 18.9 Å². The van der Waals surface area contributed by atoms with Gasteiger partial charge >= 0.3 is 13.8 Å². The number of nitrogens with zero attached hydrogens (tertiary/aromatic N) is 1. The Hall–Kier alpha value is -2.58. The Morgan fingerprint density at radius 3 is 1.40 bits per heavy atom. The molecule has 0 aliphatic heterocycles. The number of quaternary nitrogens is 1. The quantitative estimate of drug-likeness (QED) is 0.0214. The van der Waals surface area contributed by atoms with E-state index in [0.717, 1.165) is 109 Å². The summed E-state index contributed by atoms with van der Waals surface area (Å²) >= 11 is 0. The monoisotopic (exact) mass is 887 g/mol. The first-order valence-corrected chi connectivity index (χ1v) is 26.0.